The first-order valence-electron chi connectivity index (χ1n) is 42.7. The molecule has 0 aromatic heterocycles. The number of methoxy groups -OCH3 is 2. The van der Waals surface area contributed by atoms with E-state index in [0.717, 1.165) is 92.8 Å². The van der Waals surface area contributed by atoms with Gasteiger partial charge in [0, 0.05) is 50.0 Å². The average Bonchev–Trinajstić information content (AvgIpc) is 1.67. The summed E-state index contributed by atoms with van der Waals surface area (Å²) in [6.07, 6.45) is 9.46. The summed E-state index contributed by atoms with van der Waals surface area (Å²) in [5.41, 5.74) is 16.8. The van der Waals surface area contributed by atoms with Gasteiger partial charge in [-0.3, -0.25) is 57.5 Å². The van der Waals surface area contributed by atoms with Crippen LogP contribution in [0.15, 0.2) is 170 Å². The highest BCUT2D eigenvalue weighted by Crippen LogP contribution is 2.49. The summed E-state index contributed by atoms with van der Waals surface area (Å²) >= 11 is 5.91. The number of amides is 2. The van der Waals surface area contributed by atoms with Gasteiger partial charge in [-0.15, -0.1) is 0 Å². The van der Waals surface area contributed by atoms with Gasteiger partial charge in [-0.05, 0) is 244 Å². The molecular formula is C101H94ClF2N3O22. The van der Waals surface area contributed by atoms with E-state index in [4.69, 9.17) is 55.2 Å². The predicted octanol–water partition coefficient (Wildman–Crippen LogP) is 16.7. The first-order chi connectivity index (χ1) is 61.8. The smallest absolute Gasteiger partial charge is 0.323 e. The summed E-state index contributed by atoms with van der Waals surface area (Å²) < 4.78 is 68.7. The number of carbonyl (C=O) groups is 13. The number of nitrogen functional groups attached to an aromatic ring is 1. The molecule has 6 atom stereocenters. The van der Waals surface area contributed by atoms with E-state index in [0.29, 0.717) is 102 Å². The minimum absolute atomic E-state index is 0.0235. The molecule has 0 radical (unpaired) electrons. The lowest BCUT2D eigenvalue weighted by Crippen LogP contribution is -2.36. The van der Waals surface area contributed by atoms with Gasteiger partial charge in [-0.2, -0.15) is 0 Å². The summed E-state index contributed by atoms with van der Waals surface area (Å²) in [5.74, 6) is -1.28. The van der Waals surface area contributed by atoms with Crippen molar-refractivity contribution in [1.29, 1.82) is 0 Å². The Morgan fingerprint density at radius 1 is 0.442 bits per heavy atom. The number of hydrogen-bond acceptors (Lipinski definition) is 23. The maximum Gasteiger partial charge on any atom is 0.323 e. The quantitative estimate of drug-likeness (QED) is 0.0592. The maximum atomic E-state index is 14.8. The van der Waals surface area contributed by atoms with Crippen LogP contribution in [0.5, 0.6) is 17.2 Å². The molecule has 666 valence electrons. The summed E-state index contributed by atoms with van der Waals surface area (Å²) in [5, 5.41) is 15.0. The molecule has 28 heteroatoms. The lowest BCUT2D eigenvalue weighted by molar-refractivity contribution is -0.144. The second-order valence-corrected chi connectivity index (χ2v) is 35.1. The Morgan fingerprint density at radius 2 is 0.822 bits per heavy atom. The normalized spacial score (nSPS) is 22.6. The Labute approximate surface area is 746 Å². The number of phenolic OH excluding ortho intramolecular Hbond substituents is 1. The number of esters is 6. The van der Waals surface area contributed by atoms with Crippen molar-refractivity contribution in [3.05, 3.63) is 259 Å². The number of nitrogens with two attached hydrogens (primary N) is 1. The molecule has 9 aromatic carbocycles. The maximum absolute atomic E-state index is 14.8. The SMILES string of the molecule is CCOC(=O)CC1CCc2cc(OC)ccc2C1=O.COc1ccc2c(c1)CCC1(COC(=O)C1)C2=O.Cc1ccc2c(c1)CCC1(COC(=O)C1)C2=O.Nc1ccc(-c2ccc3c(c2)CCC2(COC(=O)C2)C3=O)cc1F.O=C(Nc1cccc(Cl)c1)Nc1ccc(-c2ccc3c(c2)CCC2(COC(=O)C2)C3=O)cc1F.O=C1CC2(CCc3cc(O)ccc3C2=O)CO1. The second-order valence-electron chi connectivity index (χ2n) is 34.7. The molecule has 6 aliphatic carbocycles. The Kier molecular flexibility index (Phi) is 26.2. The van der Waals surface area contributed by atoms with Crippen molar-refractivity contribution in [3.63, 3.8) is 0 Å². The summed E-state index contributed by atoms with van der Waals surface area (Å²) in [4.78, 5) is 156. The Morgan fingerprint density at radius 3 is 1.24 bits per heavy atom. The van der Waals surface area contributed by atoms with E-state index in [1.165, 1.54) is 35.9 Å². The highest BCUT2D eigenvalue weighted by atomic mass is 35.5. The van der Waals surface area contributed by atoms with Crippen LogP contribution in [0, 0.1) is 51.6 Å². The number of ether oxygens (including phenoxy) is 8. The number of ketones is 6. The molecule has 5 spiro atoms. The summed E-state index contributed by atoms with van der Waals surface area (Å²) in [7, 11) is 3.22. The second kappa shape index (κ2) is 37.4. The number of rotatable bonds is 9. The molecule has 0 bridgehead atoms. The van der Waals surface area contributed by atoms with Crippen LogP contribution in [-0.4, -0.2) is 136 Å². The van der Waals surface area contributed by atoms with Gasteiger partial charge in [0.1, 0.15) is 61.9 Å². The van der Waals surface area contributed by atoms with Crippen LogP contribution >= 0.6 is 11.6 Å². The molecule has 129 heavy (non-hydrogen) atoms. The van der Waals surface area contributed by atoms with Crippen molar-refractivity contribution in [3.8, 4) is 39.5 Å². The van der Waals surface area contributed by atoms with Gasteiger partial charge in [0.2, 0.25) is 0 Å². The summed E-state index contributed by atoms with van der Waals surface area (Å²) in [6.45, 7) is 5.15. The highest BCUT2D eigenvalue weighted by molar-refractivity contribution is 6.31. The third kappa shape index (κ3) is 19.1. The van der Waals surface area contributed by atoms with Crippen LogP contribution < -0.4 is 25.8 Å². The molecule has 5 saturated heterocycles. The number of urea groups is 1. The molecule has 5 heterocycles. The van der Waals surface area contributed by atoms with Gasteiger partial charge in [-0.1, -0.05) is 90.0 Å². The molecule has 5 N–H and O–H groups in total. The van der Waals surface area contributed by atoms with Crippen molar-refractivity contribution in [2.24, 2.45) is 33.0 Å². The van der Waals surface area contributed by atoms with Crippen LogP contribution in [0.2, 0.25) is 5.02 Å². The predicted molar refractivity (Wildman–Crippen MR) is 468 cm³/mol. The molecule has 25 nitrogen and oxygen atoms in total. The first-order valence-corrected chi connectivity index (χ1v) is 43.1. The van der Waals surface area contributed by atoms with Gasteiger partial charge in [0.05, 0.1) is 97.8 Å². The lowest BCUT2D eigenvalue weighted by atomic mass is 9.69. The molecule has 5 aliphatic heterocycles. The number of aromatic hydroxyl groups is 1. The number of hydrogen-bond donors (Lipinski definition) is 4. The lowest BCUT2D eigenvalue weighted by Gasteiger charge is -2.30. The molecule has 2 amide bonds. The van der Waals surface area contributed by atoms with Crippen molar-refractivity contribution in [2.45, 2.75) is 129 Å². The molecule has 9 aromatic rings. The Bertz CT molecular complexity index is 6030. The fraction of sp³-hybridized carbons (Fsp3) is 0.337. The number of benzene rings is 9. The van der Waals surface area contributed by atoms with Crippen LogP contribution in [0.4, 0.5) is 30.6 Å². The van der Waals surface area contributed by atoms with Gasteiger partial charge in [-0.25, -0.2) is 13.6 Å². The fourth-order valence-corrected chi connectivity index (χ4v) is 19.1. The number of nitrogens with one attached hydrogen (secondary N) is 2. The van der Waals surface area contributed by atoms with Crippen molar-refractivity contribution in [2.75, 3.05) is 70.2 Å². The van der Waals surface area contributed by atoms with E-state index < -0.39 is 44.7 Å². The fourth-order valence-electron chi connectivity index (χ4n) is 18.9. The number of cyclic esters (lactones) is 5. The molecular weight excluding hydrogens is 1680 g/mol. The molecule has 6 unspecified atom stereocenters. The van der Waals surface area contributed by atoms with Crippen LogP contribution in [0.1, 0.15) is 185 Å². The van der Waals surface area contributed by atoms with Gasteiger partial charge >= 0.3 is 41.8 Å². The molecule has 20 rings (SSSR count). The Hall–Kier alpha value is -13.6. The van der Waals surface area contributed by atoms with E-state index in [1.54, 1.807) is 118 Å². The number of halogens is 3. The van der Waals surface area contributed by atoms with Gasteiger partial charge < -0.3 is 59.4 Å². The number of aryl methyl sites for hydroxylation is 7. The standard InChI is InChI=1S/C26H20ClFN2O4.C19H16FNO3.C15H18O4.C14H14O4.C14H14O3.C13H12O4/c27-18-2-1-3-19(12-18)29-25(33)30-22-7-5-16(11-21(22)28)15-4-6-20-17(10-15)8-9-26(24(20)32)13-23(31)34-14-26;20-15-8-12(2-4-16(15)21)11-1-3-14-13(7-11)5-6-19(18(14)23)9-17(22)24-10-19;1-3-19-14(16)9-11-5-4-10-8-12(18-2)6-7-13(10)15(11)17;1-17-10-2-3-11-9(6-10)4-5-14(13(11)16)7-12(15)18-8-14;1-9-2-3-11-10(6-9)4-5-14(13(11)16)7-12(15)17-8-14;14-9-1-2-10-8(5-9)3-4-13(12(10)16)6-11(15)17-7-13/h1-7,10-12H,8-9,13-14H2,(H2,29,30,33);1-4,7-8H,5-6,9-10,21H2;6-8,11H,3-5,9H2,1-2H3;2-3,6H,4-5,7-8H2,1H3;2-3,6H,4-5,7-8H2,1H3;1-2,5,14H,3-4,6-7H2. The molecule has 11 aliphatic rings. The third-order valence-corrected chi connectivity index (χ3v) is 26.5. The monoisotopic (exact) mass is 1770 g/mol. The zero-order valence-corrected chi connectivity index (χ0v) is 72.2. The van der Waals surface area contributed by atoms with E-state index in [2.05, 4.69) is 16.7 Å². The zero-order chi connectivity index (χ0) is 91.4. The van der Waals surface area contributed by atoms with E-state index in [-0.39, 0.29) is 165 Å². The van der Waals surface area contributed by atoms with Crippen molar-refractivity contribution < 1.29 is 114 Å². The van der Waals surface area contributed by atoms with E-state index in [1.807, 2.05) is 43.3 Å². The number of fused-ring (bicyclic) bond motifs is 6. The first kappa shape index (κ1) is 90.2. The minimum Gasteiger partial charge on any atom is -0.508 e. The van der Waals surface area contributed by atoms with Gasteiger partial charge in [0.15, 0.2) is 34.7 Å². The van der Waals surface area contributed by atoms with Crippen LogP contribution in [0.25, 0.3) is 22.3 Å². The number of phenols is 1. The van der Waals surface area contributed by atoms with Crippen LogP contribution in [-0.2, 0) is 95.7 Å². The Balaban J connectivity index is 0.000000121. The average molecular weight is 1780 g/mol. The molecule has 5 fully saturated rings. The van der Waals surface area contributed by atoms with E-state index >= 15 is 0 Å². The molecule has 0 saturated carbocycles. The van der Waals surface area contributed by atoms with E-state index in [9.17, 15) is 76.2 Å². The number of anilines is 3. The van der Waals surface area contributed by atoms with Crippen LogP contribution in [0.3, 0.4) is 0 Å². The zero-order valence-electron chi connectivity index (χ0n) is 71.4. The number of carbonyl (C=O) groups excluding carboxylic acids is 13. The van der Waals surface area contributed by atoms with Crippen molar-refractivity contribution in [1.82, 2.24) is 0 Å². The highest BCUT2D eigenvalue weighted by Gasteiger charge is 2.54. The topological polar surface area (TPSA) is 366 Å². The van der Waals surface area contributed by atoms with Crippen molar-refractivity contribution >= 4 is 105 Å². The number of Topliss-reactive ketones (excluding diaryl/α,β-unsaturated/α-hetero) is 6. The minimum atomic E-state index is -0.753. The largest absolute Gasteiger partial charge is 0.508 e. The summed E-state index contributed by atoms with van der Waals surface area (Å²) in [6, 6.07) is 47.7. The van der Waals surface area contributed by atoms with Gasteiger partial charge in [0.25, 0.3) is 0 Å². The third-order valence-electron chi connectivity index (χ3n) is 26.2.